The highest BCUT2D eigenvalue weighted by Crippen LogP contribution is 2.33. The van der Waals surface area contributed by atoms with E-state index in [-0.39, 0.29) is 17.3 Å². The maximum Gasteiger partial charge on any atom is 0.341 e. The highest BCUT2D eigenvalue weighted by Gasteiger charge is 2.29. The van der Waals surface area contributed by atoms with Gasteiger partial charge in [-0.15, -0.1) is 0 Å². The van der Waals surface area contributed by atoms with Crippen molar-refractivity contribution in [3.8, 4) is 0 Å². The molecule has 1 aromatic carbocycles. The summed E-state index contributed by atoms with van der Waals surface area (Å²) in [7, 11) is 0. The molecule has 1 unspecified atom stereocenters. The number of ketones is 1. The topological polar surface area (TPSA) is 87.2 Å². The molecule has 0 radical (unpaired) electrons. The third-order valence-corrected chi connectivity index (χ3v) is 4.16. The smallest absolute Gasteiger partial charge is 0.341 e. The lowest BCUT2D eigenvalue weighted by molar-refractivity contribution is 0.0695. The van der Waals surface area contributed by atoms with E-state index in [1.807, 2.05) is 31.2 Å². The molecule has 0 aliphatic heterocycles. The average Bonchev–Trinajstić information content (AvgIpc) is 2.46. The molecule has 1 aliphatic rings. The molecule has 1 aromatic heterocycles. The van der Waals surface area contributed by atoms with E-state index in [0.717, 1.165) is 11.1 Å². The van der Waals surface area contributed by atoms with Crippen LogP contribution in [0.3, 0.4) is 0 Å². The zero-order valence-corrected chi connectivity index (χ0v) is 12.1. The van der Waals surface area contributed by atoms with Crippen LogP contribution in [0.4, 0.5) is 0 Å². The van der Waals surface area contributed by atoms with Crippen molar-refractivity contribution >= 4 is 11.8 Å². The minimum Gasteiger partial charge on any atom is -0.477 e. The Morgan fingerprint density at radius 2 is 1.95 bits per heavy atom. The number of carbonyl (C=O) groups excluding carboxylic acids is 1. The number of aromatic carboxylic acids is 1. The number of carbonyl (C=O) groups is 2. The molecule has 0 spiro atoms. The maximum atomic E-state index is 12.4. The van der Waals surface area contributed by atoms with E-state index in [9.17, 15) is 14.4 Å². The summed E-state index contributed by atoms with van der Waals surface area (Å²) in [4.78, 5) is 37.7. The SMILES string of the molecule is Cc1ccccc1C1CC(=O)c2cc(C(=O)O)c(=O)[nH]c2C1. The van der Waals surface area contributed by atoms with Crippen LogP contribution in [-0.4, -0.2) is 21.8 Å². The number of aromatic nitrogens is 1. The molecule has 1 aliphatic carbocycles. The maximum absolute atomic E-state index is 12.4. The zero-order valence-electron chi connectivity index (χ0n) is 12.1. The number of pyridine rings is 1. The van der Waals surface area contributed by atoms with E-state index in [2.05, 4.69) is 4.98 Å². The van der Waals surface area contributed by atoms with Crippen molar-refractivity contribution in [1.82, 2.24) is 4.98 Å². The van der Waals surface area contributed by atoms with Crippen molar-refractivity contribution in [2.24, 2.45) is 0 Å². The highest BCUT2D eigenvalue weighted by molar-refractivity contribution is 6.00. The Morgan fingerprint density at radius 3 is 2.64 bits per heavy atom. The summed E-state index contributed by atoms with van der Waals surface area (Å²) >= 11 is 0. The molecular formula is C17H15NO4. The van der Waals surface area contributed by atoms with Crippen LogP contribution >= 0.6 is 0 Å². The van der Waals surface area contributed by atoms with Gasteiger partial charge in [-0.25, -0.2) is 4.79 Å². The average molecular weight is 297 g/mol. The number of H-pyrrole nitrogens is 1. The molecule has 0 bridgehead atoms. The summed E-state index contributed by atoms with van der Waals surface area (Å²) in [5.41, 5.74) is 1.99. The number of nitrogens with one attached hydrogen (secondary N) is 1. The standard InChI is InChI=1S/C17H15NO4/c1-9-4-2-3-5-11(9)10-6-14-12(15(19)7-10)8-13(17(21)22)16(20)18-14/h2-5,8,10H,6-7H2,1H3,(H,18,20)(H,21,22). The summed E-state index contributed by atoms with van der Waals surface area (Å²) in [5.74, 6) is -1.45. The first-order valence-electron chi connectivity index (χ1n) is 7.05. The summed E-state index contributed by atoms with van der Waals surface area (Å²) in [6.07, 6.45) is 0.851. The number of aromatic amines is 1. The van der Waals surface area contributed by atoms with Crippen molar-refractivity contribution < 1.29 is 14.7 Å². The lowest BCUT2D eigenvalue weighted by atomic mass is 9.80. The van der Waals surface area contributed by atoms with Crippen LogP contribution in [-0.2, 0) is 6.42 Å². The number of rotatable bonds is 2. The molecule has 5 nitrogen and oxygen atoms in total. The van der Waals surface area contributed by atoms with Crippen molar-refractivity contribution in [1.29, 1.82) is 0 Å². The summed E-state index contributed by atoms with van der Waals surface area (Å²) in [6, 6.07) is 9.05. The fourth-order valence-corrected chi connectivity index (χ4v) is 3.05. The second-order valence-corrected chi connectivity index (χ2v) is 5.59. The highest BCUT2D eigenvalue weighted by atomic mass is 16.4. The van der Waals surface area contributed by atoms with Crippen molar-refractivity contribution in [3.05, 3.63) is 68.6 Å². The van der Waals surface area contributed by atoms with Crippen molar-refractivity contribution in [2.75, 3.05) is 0 Å². The molecule has 5 heteroatoms. The lowest BCUT2D eigenvalue weighted by Crippen LogP contribution is -2.27. The lowest BCUT2D eigenvalue weighted by Gasteiger charge is -2.25. The minimum atomic E-state index is -1.32. The van der Waals surface area contributed by atoms with Gasteiger partial charge in [-0.05, 0) is 36.5 Å². The molecule has 0 saturated carbocycles. The van der Waals surface area contributed by atoms with Gasteiger partial charge in [-0.3, -0.25) is 9.59 Å². The molecule has 2 aromatic rings. The number of fused-ring (bicyclic) bond motifs is 1. The number of Topliss-reactive ketones (excluding diaryl/α,β-unsaturated/α-hetero) is 1. The Labute approximate surface area is 126 Å². The van der Waals surface area contributed by atoms with E-state index in [4.69, 9.17) is 5.11 Å². The van der Waals surface area contributed by atoms with E-state index < -0.39 is 11.5 Å². The predicted molar refractivity (Wildman–Crippen MR) is 80.6 cm³/mol. The first-order chi connectivity index (χ1) is 10.5. The molecule has 112 valence electrons. The normalized spacial score (nSPS) is 17.1. The van der Waals surface area contributed by atoms with Gasteiger partial charge in [-0.2, -0.15) is 0 Å². The van der Waals surface area contributed by atoms with E-state index >= 15 is 0 Å². The molecule has 1 heterocycles. The molecule has 0 saturated heterocycles. The molecular weight excluding hydrogens is 282 g/mol. The van der Waals surface area contributed by atoms with Gasteiger partial charge in [0.1, 0.15) is 5.56 Å². The van der Waals surface area contributed by atoms with E-state index in [1.54, 1.807) is 0 Å². The quantitative estimate of drug-likeness (QED) is 0.890. The Morgan fingerprint density at radius 1 is 1.23 bits per heavy atom. The van der Waals surface area contributed by atoms with Gasteiger partial charge in [0.25, 0.3) is 5.56 Å². The van der Waals surface area contributed by atoms with Gasteiger partial charge in [0.15, 0.2) is 5.78 Å². The number of carboxylic acids is 1. The third-order valence-electron chi connectivity index (χ3n) is 4.16. The number of benzene rings is 1. The number of carboxylic acid groups (broad SMARTS) is 1. The molecule has 3 rings (SSSR count). The van der Waals surface area contributed by atoms with Crippen LogP contribution < -0.4 is 5.56 Å². The summed E-state index contributed by atoms with van der Waals surface area (Å²) in [6.45, 7) is 1.99. The van der Waals surface area contributed by atoms with E-state index in [1.165, 1.54) is 6.07 Å². The molecule has 0 amide bonds. The predicted octanol–water partition coefficient (Wildman–Crippen LogP) is 2.29. The number of hydrogen-bond donors (Lipinski definition) is 2. The zero-order chi connectivity index (χ0) is 15.9. The Bertz CT molecular complexity index is 835. The Balaban J connectivity index is 2.05. The van der Waals surface area contributed by atoms with Crippen molar-refractivity contribution in [2.45, 2.75) is 25.7 Å². The fraction of sp³-hybridized carbons (Fsp3) is 0.235. The number of aryl methyl sites for hydroxylation is 1. The minimum absolute atomic E-state index is 0.00697. The van der Waals surface area contributed by atoms with Crippen LogP contribution in [0.1, 0.15) is 49.9 Å². The van der Waals surface area contributed by atoms with Crippen LogP contribution in [0, 0.1) is 6.92 Å². The second-order valence-electron chi connectivity index (χ2n) is 5.59. The Kier molecular flexibility index (Phi) is 3.41. The van der Waals surface area contributed by atoms with Crippen molar-refractivity contribution in [3.63, 3.8) is 0 Å². The van der Waals surface area contributed by atoms with E-state index in [0.29, 0.717) is 24.1 Å². The van der Waals surface area contributed by atoms with Crippen LogP contribution in [0.25, 0.3) is 0 Å². The first-order valence-corrected chi connectivity index (χ1v) is 7.05. The first kappa shape index (κ1) is 14.3. The monoisotopic (exact) mass is 297 g/mol. The van der Waals surface area contributed by atoms with Gasteiger partial charge in [0.2, 0.25) is 0 Å². The van der Waals surface area contributed by atoms with Crippen LogP contribution in [0.5, 0.6) is 0 Å². The molecule has 22 heavy (non-hydrogen) atoms. The van der Waals surface area contributed by atoms with Gasteiger partial charge >= 0.3 is 5.97 Å². The number of hydrogen-bond acceptors (Lipinski definition) is 3. The Hall–Kier alpha value is -2.69. The fourth-order valence-electron chi connectivity index (χ4n) is 3.05. The van der Waals surface area contributed by atoms with Crippen LogP contribution in [0.15, 0.2) is 35.1 Å². The molecule has 0 fully saturated rings. The van der Waals surface area contributed by atoms with Gasteiger partial charge in [-0.1, -0.05) is 24.3 Å². The molecule has 2 N–H and O–H groups in total. The third kappa shape index (κ3) is 2.35. The summed E-state index contributed by atoms with van der Waals surface area (Å²) in [5, 5.41) is 8.99. The van der Waals surface area contributed by atoms with Gasteiger partial charge in [0, 0.05) is 17.7 Å². The second kappa shape index (κ2) is 5.26. The van der Waals surface area contributed by atoms with Gasteiger partial charge < -0.3 is 10.1 Å². The van der Waals surface area contributed by atoms with Crippen LogP contribution in [0.2, 0.25) is 0 Å². The summed E-state index contributed by atoms with van der Waals surface area (Å²) < 4.78 is 0. The molecule has 1 atom stereocenters. The largest absolute Gasteiger partial charge is 0.477 e. The van der Waals surface area contributed by atoms with Gasteiger partial charge in [0.05, 0.1) is 0 Å².